The van der Waals surface area contributed by atoms with Crippen molar-refractivity contribution >= 4 is 5.91 Å². The SMILES string of the molecule is NCC(NC(=O)c1cnn(Cc2ccccc2)c1)C1CCCCC1. The molecule has 1 heterocycles. The molecular weight excluding hydrogens is 300 g/mol. The van der Waals surface area contributed by atoms with Crippen molar-refractivity contribution in [2.75, 3.05) is 6.54 Å². The van der Waals surface area contributed by atoms with Gasteiger partial charge in [-0.2, -0.15) is 5.10 Å². The minimum atomic E-state index is -0.0738. The fraction of sp³-hybridized carbons (Fsp3) is 0.474. The minimum Gasteiger partial charge on any atom is -0.348 e. The Bertz CT molecular complexity index is 646. The van der Waals surface area contributed by atoms with Crippen molar-refractivity contribution in [1.29, 1.82) is 0 Å². The molecule has 0 bridgehead atoms. The zero-order valence-corrected chi connectivity index (χ0v) is 14.0. The average Bonchev–Trinajstić information content (AvgIpc) is 3.10. The third-order valence-corrected chi connectivity index (χ3v) is 4.87. The summed E-state index contributed by atoms with van der Waals surface area (Å²) in [5, 5.41) is 7.42. The van der Waals surface area contributed by atoms with E-state index in [2.05, 4.69) is 22.5 Å². The smallest absolute Gasteiger partial charge is 0.254 e. The molecule has 3 rings (SSSR count). The van der Waals surface area contributed by atoms with Gasteiger partial charge in [0, 0.05) is 18.8 Å². The summed E-state index contributed by atoms with van der Waals surface area (Å²) in [5.41, 5.74) is 7.66. The molecule has 1 unspecified atom stereocenters. The van der Waals surface area contributed by atoms with E-state index in [1.54, 1.807) is 17.1 Å². The van der Waals surface area contributed by atoms with Gasteiger partial charge < -0.3 is 11.1 Å². The predicted octanol–water partition coefficient (Wildman–Crippen LogP) is 2.57. The van der Waals surface area contributed by atoms with Crippen molar-refractivity contribution in [1.82, 2.24) is 15.1 Å². The first-order chi connectivity index (χ1) is 11.8. The number of carbonyl (C=O) groups excluding carboxylic acids is 1. The number of nitrogens with zero attached hydrogens (tertiary/aromatic N) is 2. The van der Waals surface area contributed by atoms with Crippen LogP contribution in [0.2, 0.25) is 0 Å². The second-order valence-electron chi connectivity index (χ2n) is 6.63. The monoisotopic (exact) mass is 326 g/mol. The number of hydrogen-bond donors (Lipinski definition) is 2. The highest BCUT2D eigenvalue weighted by Crippen LogP contribution is 2.26. The second-order valence-corrected chi connectivity index (χ2v) is 6.63. The molecule has 0 aliphatic heterocycles. The molecule has 2 aromatic rings. The molecule has 0 spiro atoms. The number of nitrogens with two attached hydrogens (primary N) is 1. The average molecular weight is 326 g/mol. The lowest BCUT2D eigenvalue weighted by atomic mass is 9.84. The van der Waals surface area contributed by atoms with Crippen LogP contribution in [-0.4, -0.2) is 28.3 Å². The molecule has 5 heteroatoms. The van der Waals surface area contributed by atoms with Gasteiger partial charge in [-0.25, -0.2) is 0 Å². The first-order valence-corrected chi connectivity index (χ1v) is 8.83. The van der Waals surface area contributed by atoms with Crippen LogP contribution in [0.4, 0.5) is 0 Å². The van der Waals surface area contributed by atoms with Gasteiger partial charge in [-0.05, 0) is 24.3 Å². The Morgan fingerprint density at radius 2 is 2.00 bits per heavy atom. The van der Waals surface area contributed by atoms with Crippen LogP contribution in [0.1, 0.15) is 48.0 Å². The summed E-state index contributed by atoms with van der Waals surface area (Å²) in [5.74, 6) is 0.433. The van der Waals surface area contributed by atoms with Crippen molar-refractivity contribution in [3.63, 3.8) is 0 Å². The minimum absolute atomic E-state index is 0.0651. The maximum Gasteiger partial charge on any atom is 0.254 e. The van der Waals surface area contributed by atoms with Crippen LogP contribution in [0.25, 0.3) is 0 Å². The Labute approximate surface area is 143 Å². The highest BCUT2D eigenvalue weighted by Gasteiger charge is 2.24. The summed E-state index contributed by atoms with van der Waals surface area (Å²) >= 11 is 0. The Balaban J connectivity index is 1.60. The molecule has 1 aliphatic rings. The lowest BCUT2D eigenvalue weighted by molar-refractivity contribution is 0.0915. The number of rotatable bonds is 6. The maximum absolute atomic E-state index is 12.5. The summed E-state index contributed by atoms with van der Waals surface area (Å²) in [7, 11) is 0. The molecule has 0 radical (unpaired) electrons. The van der Waals surface area contributed by atoms with E-state index in [-0.39, 0.29) is 11.9 Å². The number of aromatic nitrogens is 2. The summed E-state index contributed by atoms with van der Waals surface area (Å²) in [6.07, 6.45) is 9.54. The van der Waals surface area contributed by atoms with Crippen LogP contribution < -0.4 is 11.1 Å². The molecule has 1 saturated carbocycles. The number of benzene rings is 1. The van der Waals surface area contributed by atoms with Gasteiger partial charge in [0.05, 0.1) is 18.3 Å². The largest absolute Gasteiger partial charge is 0.348 e. The fourth-order valence-corrected chi connectivity index (χ4v) is 3.50. The second kappa shape index (κ2) is 8.11. The number of carbonyl (C=O) groups is 1. The number of hydrogen-bond acceptors (Lipinski definition) is 3. The van der Waals surface area contributed by atoms with Crippen LogP contribution in [0.15, 0.2) is 42.7 Å². The van der Waals surface area contributed by atoms with Gasteiger partial charge in [0.2, 0.25) is 0 Å². The Hall–Kier alpha value is -2.14. The highest BCUT2D eigenvalue weighted by atomic mass is 16.1. The summed E-state index contributed by atoms with van der Waals surface area (Å²) in [4.78, 5) is 12.5. The van der Waals surface area contributed by atoms with Crippen LogP contribution >= 0.6 is 0 Å². The molecule has 1 amide bonds. The molecule has 1 aromatic heterocycles. The van der Waals surface area contributed by atoms with Crippen LogP contribution in [0.5, 0.6) is 0 Å². The molecule has 128 valence electrons. The van der Waals surface area contributed by atoms with Gasteiger partial charge in [0.1, 0.15) is 0 Å². The van der Waals surface area contributed by atoms with Crippen molar-refractivity contribution in [2.45, 2.75) is 44.7 Å². The van der Waals surface area contributed by atoms with Crippen LogP contribution in [0.3, 0.4) is 0 Å². The van der Waals surface area contributed by atoms with Gasteiger partial charge >= 0.3 is 0 Å². The van der Waals surface area contributed by atoms with Gasteiger partial charge in [-0.15, -0.1) is 0 Å². The molecule has 24 heavy (non-hydrogen) atoms. The van der Waals surface area contributed by atoms with Crippen molar-refractivity contribution < 1.29 is 4.79 Å². The van der Waals surface area contributed by atoms with E-state index in [0.29, 0.717) is 24.6 Å². The van der Waals surface area contributed by atoms with Gasteiger partial charge in [-0.1, -0.05) is 49.6 Å². The molecule has 1 atom stereocenters. The molecule has 1 fully saturated rings. The molecule has 1 aliphatic carbocycles. The standard InChI is InChI=1S/C19H26N4O/c20-11-18(16-9-5-2-6-10-16)22-19(24)17-12-21-23(14-17)13-15-7-3-1-4-8-15/h1,3-4,7-8,12,14,16,18H,2,5-6,9-11,13,20H2,(H,22,24). The van der Waals surface area contributed by atoms with Crippen molar-refractivity contribution in [3.8, 4) is 0 Å². The van der Waals surface area contributed by atoms with E-state index in [4.69, 9.17) is 5.73 Å². The van der Waals surface area contributed by atoms with E-state index in [1.807, 2.05) is 18.2 Å². The molecule has 1 aromatic carbocycles. The predicted molar refractivity (Wildman–Crippen MR) is 94.7 cm³/mol. The van der Waals surface area contributed by atoms with Gasteiger partial charge in [0.15, 0.2) is 0 Å². The molecule has 5 nitrogen and oxygen atoms in total. The van der Waals surface area contributed by atoms with Crippen LogP contribution in [-0.2, 0) is 6.54 Å². The topological polar surface area (TPSA) is 72.9 Å². The van der Waals surface area contributed by atoms with E-state index in [1.165, 1.54) is 19.3 Å². The first kappa shape index (κ1) is 16.7. The van der Waals surface area contributed by atoms with Crippen LogP contribution in [0, 0.1) is 5.92 Å². The Kier molecular flexibility index (Phi) is 5.64. The molecular formula is C19H26N4O. The van der Waals surface area contributed by atoms with E-state index < -0.39 is 0 Å². The normalized spacial score (nSPS) is 16.7. The Morgan fingerprint density at radius 3 is 2.71 bits per heavy atom. The number of amides is 1. The zero-order chi connectivity index (χ0) is 16.8. The summed E-state index contributed by atoms with van der Waals surface area (Å²) < 4.78 is 1.79. The van der Waals surface area contributed by atoms with Crippen molar-refractivity contribution in [2.24, 2.45) is 11.7 Å². The molecule has 0 saturated heterocycles. The van der Waals surface area contributed by atoms with Gasteiger partial charge in [-0.3, -0.25) is 9.48 Å². The first-order valence-electron chi connectivity index (χ1n) is 8.83. The highest BCUT2D eigenvalue weighted by molar-refractivity contribution is 5.93. The third-order valence-electron chi connectivity index (χ3n) is 4.87. The quantitative estimate of drug-likeness (QED) is 0.857. The maximum atomic E-state index is 12.5. The van der Waals surface area contributed by atoms with Crippen molar-refractivity contribution in [3.05, 3.63) is 53.9 Å². The lowest BCUT2D eigenvalue weighted by Crippen LogP contribution is -2.45. The summed E-state index contributed by atoms with van der Waals surface area (Å²) in [6.45, 7) is 1.16. The zero-order valence-electron chi connectivity index (χ0n) is 14.0. The van der Waals surface area contributed by atoms with E-state index in [0.717, 1.165) is 18.4 Å². The lowest BCUT2D eigenvalue weighted by Gasteiger charge is -2.29. The fourth-order valence-electron chi connectivity index (χ4n) is 3.50. The van der Waals surface area contributed by atoms with E-state index in [9.17, 15) is 4.79 Å². The van der Waals surface area contributed by atoms with Gasteiger partial charge in [0.25, 0.3) is 5.91 Å². The van der Waals surface area contributed by atoms with E-state index >= 15 is 0 Å². The third kappa shape index (κ3) is 4.23. The number of nitrogens with one attached hydrogen (secondary N) is 1. The Morgan fingerprint density at radius 1 is 1.25 bits per heavy atom. The molecule has 3 N–H and O–H groups in total. The summed E-state index contributed by atoms with van der Waals surface area (Å²) in [6, 6.07) is 10.2.